The molecule has 0 heterocycles. The van der Waals surface area contributed by atoms with Crippen molar-refractivity contribution in [2.24, 2.45) is 17.8 Å². The summed E-state index contributed by atoms with van der Waals surface area (Å²) in [7, 11) is -2.21. The summed E-state index contributed by atoms with van der Waals surface area (Å²) in [6, 6.07) is 0. The molecule has 0 aromatic heterocycles. The molecule has 0 aromatic rings. The van der Waals surface area contributed by atoms with E-state index >= 15 is 0 Å². The van der Waals surface area contributed by atoms with Crippen LogP contribution in [0.2, 0.25) is 0 Å². The van der Waals surface area contributed by atoms with Crippen LogP contribution in [-0.4, -0.2) is 15.9 Å². The van der Waals surface area contributed by atoms with Gasteiger partial charge in [0, 0.05) is 0 Å². The molecule has 0 amide bonds. The second-order valence-corrected chi connectivity index (χ2v) is 7.15. The lowest BCUT2D eigenvalue weighted by Gasteiger charge is -2.41. The average molecular weight is 288 g/mol. The molecule has 0 aromatic carbocycles. The predicted molar refractivity (Wildman–Crippen MR) is 78.5 cm³/mol. The summed E-state index contributed by atoms with van der Waals surface area (Å²) in [5.74, 6) is 2.01. The molecule has 0 saturated heterocycles. The second-order valence-electron chi connectivity index (χ2n) is 6.44. The molecule has 0 radical (unpaired) electrons. The Balaban J connectivity index is 2.01. The lowest BCUT2D eigenvalue weighted by Crippen LogP contribution is -2.35. The molecule has 1 atom stereocenters. The fourth-order valence-electron chi connectivity index (χ4n) is 4.41. The van der Waals surface area contributed by atoms with E-state index in [1.54, 1.807) is 0 Å². The van der Waals surface area contributed by atoms with Crippen LogP contribution in [0.5, 0.6) is 0 Å². The van der Waals surface area contributed by atoms with Gasteiger partial charge in [-0.15, -0.1) is 0 Å². The number of hydrogen-bond donors (Lipinski definition) is 2. The van der Waals surface area contributed by atoms with Gasteiger partial charge in [-0.1, -0.05) is 64.2 Å². The van der Waals surface area contributed by atoms with Gasteiger partial charge in [-0.05, 0) is 24.7 Å². The summed E-state index contributed by atoms with van der Waals surface area (Å²) in [6.45, 7) is 2.05. The zero-order valence-corrected chi connectivity index (χ0v) is 13.0. The van der Waals surface area contributed by atoms with Gasteiger partial charge in [-0.2, -0.15) is 0 Å². The zero-order chi connectivity index (χ0) is 13.7. The van der Waals surface area contributed by atoms with Crippen molar-refractivity contribution in [1.29, 1.82) is 0 Å². The predicted octanol–water partition coefficient (Wildman–Crippen LogP) is 4.38. The first-order valence-corrected chi connectivity index (χ1v) is 9.19. The topological polar surface area (TPSA) is 49.7 Å². The third-order valence-corrected chi connectivity index (χ3v) is 5.71. The Labute approximate surface area is 118 Å². The van der Waals surface area contributed by atoms with E-state index < -0.39 is 8.60 Å². The third kappa shape index (κ3) is 4.67. The molecule has 112 valence electrons. The molecule has 2 saturated carbocycles. The van der Waals surface area contributed by atoms with Crippen LogP contribution in [0.25, 0.3) is 0 Å². The minimum absolute atomic E-state index is 0.00712. The quantitative estimate of drug-likeness (QED) is 0.738. The van der Waals surface area contributed by atoms with Gasteiger partial charge >= 0.3 is 8.60 Å². The summed E-state index contributed by atoms with van der Waals surface area (Å²) in [6.07, 6.45) is 13.3. The molecule has 2 fully saturated rings. The SMILES string of the molecule is CC(OP(O)O)C(C1CCCCC1)C1CCCCC1. The highest BCUT2D eigenvalue weighted by atomic mass is 31.2. The molecule has 2 N–H and O–H groups in total. The fraction of sp³-hybridized carbons (Fsp3) is 1.00. The molecule has 2 aliphatic rings. The number of hydrogen-bond acceptors (Lipinski definition) is 3. The van der Waals surface area contributed by atoms with Crippen molar-refractivity contribution in [2.75, 3.05) is 0 Å². The maximum atomic E-state index is 9.17. The standard InChI is InChI=1S/C15H29O3P/c1-12(18-19(16)17)15(13-8-4-2-5-9-13)14-10-6-3-7-11-14/h12-17H,2-11H2,1H3. The molecule has 4 heteroatoms. The van der Waals surface area contributed by atoms with Gasteiger partial charge < -0.3 is 14.3 Å². The first-order valence-electron chi connectivity index (χ1n) is 8.03. The van der Waals surface area contributed by atoms with Crippen molar-refractivity contribution in [3.05, 3.63) is 0 Å². The van der Waals surface area contributed by atoms with Crippen LogP contribution in [0.4, 0.5) is 0 Å². The van der Waals surface area contributed by atoms with Gasteiger partial charge in [0.05, 0.1) is 6.10 Å². The molecule has 2 rings (SSSR count). The van der Waals surface area contributed by atoms with Gasteiger partial charge in [-0.3, -0.25) is 0 Å². The van der Waals surface area contributed by atoms with Gasteiger partial charge in [0.15, 0.2) is 0 Å². The smallest absolute Gasteiger partial charge is 0.327 e. The van der Waals surface area contributed by atoms with Crippen LogP contribution in [0, 0.1) is 17.8 Å². The van der Waals surface area contributed by atoms with E-state index in [1.165, 1.54) is 64.2 Å². The van der Waals surface area contributed by atoms with E-state index in [4.69, 9.17) is 14.3 Å². The highest BCUT2D eigenvalue weighted by Crippen LogP contribution is 2.44. The van der Waals surface area contributed by atoms with Crippen molar-refractivity contribution >= 4 is 8.60 Å². The maximum absolute atomic E-state index is 9.17. The van der Waals surface area contributed by atoms with Gasteiger partial charge in [0.2, 0.25) is 0 Å². The van der Waals surface area contributed by atoms with Gasteiger partial charge in [-0.25, -0.2) is 0 Å². The van der Waals surface area contributed by atoms with Gasteiger partial charge in [0.25, 0.3) is 0 Å². The Morgan fingerprint density at radius 2 is 1.26 bits per heavy atom. The van der Waals surface area contributed by atoms with E-state index in [0.717, 1.165) is 11.8 Å². The average Bonchev–Trinajstić information content (AvgIpc) is 2.40. The Kier molecular flexibility index (Phi) is 6.55. The Hall–Kier alpha value is 0.310. The van der Waals surface area contributed by atoms with Crippen molar-refractivity contribution in [2.45, 2.75) is 77.2 Å². The molecule has 19 heavy (non-hydrogen) atoms. The maximum Gasteiger partial charge on any atom is 0.327 e. The van der Waals surface area contributed by atoms with E-state index in [0.29, 0.717) is 5.92 Å². The third-order valence-electron chi connectivity index (χ3n) is 5.19. The molecule has 0 aliphatic heterocycles. The van der Waals surface area contributed by atoms with Crippen LogP contribution in [-0.2, 0) is 4.52 Å². The largest absolute Gasteiger partial charge is 0.328 e. The Bertz CT molecular complexity index is 230. The van der Waals surface area contributed by atoms with E-state index in [2.05, 4.69) is 6.92 Å². The molecular weight excluding hydrogens is 259 g/mol. The molecule has 0 bridgehead atoms. The summed E-state index contributed by atoms with van der Waals surface area (Å²) in [5, 5.41) is 0. The number of rotatable bonds is 5. The van der Waals surface area contributed by atoms with Crippen LogP contribution in [0.15, 0.2) is 0 Å². The summed E-state index contributed by atoms with van der Waals surface area (Å²) in [4.78, 5) is 18.3. The van der Waals surface area contributed by atoms with E-state index in [-0.39, 0.29) is 6.10 Å². The fourth-order valence-corrected chi connectivity index (χ4v) is 4.85. The van der Waals surface area contributed by atoms with Gasteiger partial charge in [0.1, 0.15) is 0 Å². The first kappa shape index (κ1) is 15.7. The van der Waals surface area contributed by atoms with E-state index in [1.807, 2.05) is 0 Å². The molecule has 3 nitrogen and oxygen atoms in total. The molecule has 0 spiro atoms. The van der Waals surface area contributed by atoms with Crippen molar-refractivity contribution in [1.82, 2.24) is 0 Å². The Morgan fingerprint density at radius 3 is 1.63 bits per heavy atom. The van der Waals surface area contributed by atoms with Crippen LogP contribution >= 0.6 is 8.60 Å². The monoisotopic (exact) mass is 288 g/mol. The Morgan fingerprint density at radius 1 is 0.842 bits per heavy atom. The summed E-state index contributed by atoms with van der Waals surface area (Å²) in [5.41, 5.74) is 0. The molecule has 2 aliphatic carbocycles. The van der Waals surface area contributed by atoms with E-state index in [9.17, 15) is 0 Å². The van der Waals surface area contributed by atoms with Crippen molar-refractivity contribution in [3.63, 3.8) is 0 Å². The summed E-state index contributed by atoms with van der Waals surface area (Å²) < 4.78 is 5.39. The lowest BCUT2D eigenvalue weighted by atomic mass is 9.68. The molecular formula is C15H29O3P. The first-order chi connectivity index (χ1) is 9.18. The van der Waals surface area contributed by atoms with Crippen LogP contribution < -0.4 is 0 Å². The lowest BCUT2D eigenvalue weighted by molar-refractivity contribution is 0.0286. The zero-order valence-electron chi connectivity index (χ0n) is 12.1. The van der Waals surface area contributed by atoms with Crippen molar-refractivity contribution < 1.29 is 14.3 Å². The van der Waals surface area contributed by atoms with Crippen molar-refractivity contribution in [3.8, 4) is 0 Å². The normalized spacial score (nSPS) is 25.1. The highest BCUT2D eigenvalue weighted by molar-refractivity contribution is 7.39. The minimum Gasteiger partial charge on any atom is -0.328 e. The minimum atomic E-state index is -2.21. The van der Waals surface area contributed by atoms with Crippen LogP contribution in [0.3, 0.4) is 0 Å². The summed E-state index contributed by atoms with van der Waals surface area (Å²) >= 11 is 0. The highest BCUT2D eigenvalue weighted by Gasteiger charge is 2.36. The molecule has 1 unspecified atom stereocenters. The second kappa shape index (κ2) is 7.93. The van der Waals surface area contributed by atoms with Crippen LogP contribution in [0.1, 0.15) is 71.1 Å².